The number of aryl methyl sites for hydroxylation is 2. The van der Waals surface area contributed by atoms with Crippen molar-refractivity contribution in [3.8, 4) is 5.75 Å². The van der Waals surface area contributed by atoms with Crippen LogP contribution in [0.1, 0.15) is 17.5 Å². The fourth-order valence-corrected chi connectivity index (χ4v) is 1.94. The molecule has 1 atom stereocenters. The standard InChI is InChI=1S/C13H18N2O3/c1-8-6-11(16)9(2)5-10(8)15-12(17)13(14)3-4-18-7-13/h5-6,16H,3-4,7,14H2,1-2H3,(H,15,17). The Bertz CT molecular complexity index is 479. The number of nitrogens with one attached hydrogen (secondary N) is 1. The van der Waals surface area contributed by atoms with Crippen molar-refractivity contribution in [2.45, 2.75) is 25.8 Å². The lowest BCUT2D eigenvalue weighted by molar-refractivity contribution is -0.121. The molecule has 1 aliphatic heterocycles. The summed E-state index contributed by atoms with van der Waals surface area (Å²) >= 11 is 0. The van der Waals surface area contributed by atoms with Crippen LogP contribution in [0, 0.1) is 13.8 Å². The van der Waals surface area contributed by atoms with Crippen LogP contribution in [0.3, 0.4) is 0 Å². The summed E-state index contributed by atoms with van der Waals surface area (Å²) in [5.74, 6) is -0.0228. The number of phenolic OH excluding ortho intramolecular Hbond substituents is 1. The first-order valence-corrected chi connectivity index (χ1v) is 5.91. The quantitative estimate of drug-likeness (QED) is 0.685. The van der Waals surface area contributed by atoms with Crippen LogP contribution >= 0.6 is 0 Å². The van der Waals surface area contributed by atoms with Crippen LogP contribution in [0.15, 0.2) is 12.1 Å². The van der Waals surface area contributed by atoms with E-state index in [0.29, 0.717) is 24.3 Å². The second-order valence-corrected chi connectivity index (χ2v) is 4.87. The summed E-state index contributed by atoms with van der Waals surface area (Å²) in [4.78, 5) is 12.1. The predicted molar refractivity (Wildman–Crippen MR) is 68.6 cm³/mol. The van der Waals surface area contributed by atoms with E-state index in [2.05, 4.69) is 5.32 Å². The van der Waals surface area contributed by atoms with Crippen molar-refractivity contribution < 1.29 is 14.6 Å². The fraction of sp³-hybridized carbons (Fsp3) is 0.462. The van der Waals surface area contributed by atoms with Crippen LogP contribution in [0.5, 0.6) is 5.75 Å². The molecule has 4 N–H and O–H groups in total. The maximum atomic E-state index is 12.1. The summed E-state index contributed by atoms with van der Waals surface area (Å²) in [5.41, 5.74) is 7.22. The van der Waals surface area contributed by atoms with Gasteiger partial charge in [-0.2, -0.15) is 0 Å². The number of benzene rings is 1. The minimum Gasteiger partial charge on any atom is -0.508 e. The van der Waals surface area contributed by atoms with E-state index in [1.54, 1.807) is 19.1 Å². The van der Waals surface area contributed by atoms with Crippen LogP contribution in [0.2, 0.25) is 0 Å². The lowest BCUT2D eigenvalue weighted by Gasteiger charge is -2.21. The number of carbonyl (C=O) groups is 1. The molecule has 1 aliphatic rings. The molecule has 0 saturated carbocycles. The molecule has 5 heteroatoms. The number of hydrogen-bond acceptors (Lipinski definition) is 4. The first kappa shape index (κ1) is 12.9. The smallest absolute Gasteiger partial charge is 0.246 e. The summed E-state index contributed by atoms with van der Waals surface area (Å²) in [5, 5.41) is 12.4. The number of carbonyl (C=O) groups excluding carboxylic acids is 1. The number of phenols is 1. The van der Waals surface area contributed by atoms with Crippen LogP contribution in [0.25, 0.3) is 0 Å². The third-order valence-electron chi connectivity index (χ3n) is 3.30. The van der Waals surface area contributed by atoms with E-state index < -0.39 is 5.54 Å². The normalized spacial score (nSPS) is 23.1. The van der Waals surface area contributed by atoms with Gasteiger partial charge >= 0.3 is 0 Å². The van der Waals surface area contributed by atoms with Gasteiger partial charge in [-0.25, -0.2) is 0 Å². The summed E-state index contributed by atoms with van der Waals surface area (Å²) in [6.07, 6.45) is 0.523. The number of anilines is 1. The number of hydrogen-bond donors (Lipinski definition) is 3. The summed E-state index contributed by atoms with van der Waals surface area (Å²) in [6.45, 7) is 4.36. The highest BCUT2D eigenvalue weighted by atomic mass is 16.5. The Morgan fingerprint density at radius 3 is 2.78 bits per heavy atom. The van der Waals surface area contributed by atoms with E-state index in [4.69, 9.17) is 10.5 Å². The highest BCUT2D eigenvalue weighted by Gasteiger charge is 2.38. The third-order valence-corrected chi connectivity index (χ3v) is 3.30. The lowest BCUT2D eigenvalue weighted by Crippen LogP contribution is -2.51. The number of nitrogens with two attached hydrogens (primary N) is 1. The maximum Gasteiger partial charge on any atom is 0.246 e. The average Bonchev–Trinajstić information content (AvgIpc) is 2.74. The minimum absolute atomic E-state index is 0.220. The zero-order chi connectivity index (χ0) is 13.3. The van der Waals surface area contributed by atoms with Crippen molar-refractivity contribution in [2.24, 2.45) is 5.73 Å². The van der Waals surface area contributed by atoms with Gasteiger partial charge in [0.1, 0.15) is 11.3 Å². The summed E-state index contributed by atoms with van der Waals surface area (Å²) in [6, 6.07) is 3.36. The van der Waals surface area contributed by atoms with Gasteiger partial charge in [-0.15, -0.1) is 0 Å². The number of rotatable bonds is 2. The molecule has 1 aromatic rings. The molecular formula is C13H18N2O3. The van der Waals surface area contributed by atoms with Crippen LogP contribution < -0.4 is 11.1 Å². The number of amides is 1. The highest BCUT2D eigenvalue weighted by molar-refractivity contribution is 5.99. The van der Waals surface area contributed by atoms with Gasteiger partial charge in [0, 0.05) is 12.3 Å². The Morgan fingerprint density at radius 2 is 2.17 bits per heavy atom. The van der Waals surface area contributed by atoms with Gasteiger partial charge in [0.2, 0.25) is 5.91 Å². The van der Waals surface area contributed by atoms with Gasteiger partial charge < -0.3 is 20.9 Å². The number of ether oxygens (including phenoxy) is 1. The molecule has 1 fully saturated rings. The van der Waals surface area contributed by atoms with E-state index >= 15 is 0 Å². The summed E-state index contributed by atoms with van der Waals surface area (Å²) in [7, 11) is 0. The van der Waals surface area contributed by atoms with Gasteiger partial charge in [0.15, 0.2) is 0 Å². The topological polar surface area (TPSA) is 84.6 Å². The van der Waals surface area contributed by atoms with Crippen molar-refractivity contribution in [1.29, 1.82) is 0 Å². The molecule has 18 heavy (non-hydrogen) atoms. The molecule has 0 radical (unpaired) electrons. The Morgan fingerprint density at radius 1 is 1.44 bits per heavy atom. The fourth-order valence-electron chi connectivity index (χ4n) is 1.94. The van der Waals surface area contributed by atoms with E-state index in [9.17, 15) is 9.90 Å². The second-order valence-electron chi connectivity index (χ2n) is 4.87. The van der Waals surface area contributed by atoms with E-state index in [-0.39, 0.29) is 18.3 Å². The molecule has 98 valence electrons. The van der Waals surface area contributed by atoms with Gasteiger partial charge in [-0.3, -0.25) is 4.79 Å². The van der Waals surface area contributed by atoms with Crippen LogP contribution in [0.4, 0.5) is 5.69 Å². The molecule has 2 rings (SSSR count). The molecule has 5 nitrogen and oxygen atoms in total. The molecule has 0 aromatic heterocycles. The van der Waals surface area contributed by atoms with Crippen molar-refractivity contribution in [3.63, 3.8) is 0 Å². The minimum atomic E-state index is -0.946. The van der Waals surface area contributed by atoms with Crippen molar-refractivity contribution in [2.75, 3.05) is 18.5 Å². The van der Waals surface area contributed by atoms with Crippen LogP contribution in [-0.2, 0) is 9.53 Å². The predicted octanol–water partition coefficient (Wildman–Crippen LogP) is 1.07. The average molecular weight is 250 g/mol. The Balaban J connectivity index is 2.19. The summed E-state index contributed by atoms with van der Waals surface area (Å²) < 4.78 is 5.17. The molecular weight excluding hydrogens is 232 g/mol. The van der Waals surface area contributed by atoms with Crippen molar-refractivity contribution in [3.05, 3.63) is 23.3 Å². The zero-order valence-electron chi connectivity index (χ0n) is 10.6. The van der Waals surface area contributed by atoms with Gasteiger partial charge in [-0.1, -0.05) is 0 Å². The Labute approximate surface area is 106 Å². The van der Waals surface area contributed by atoms with Crippen molar-refractivity contribution >= 4 is 11.6 Å². The van der Waals surface area contributed by atoms with Gasteiger partial charge in [0.25, 0.3) is 0 Å². The third kappa shape index (κ3) is 2.32. The van der Waals surface area contributed by atoms with Gasteiger partial charge in [0.05, 0.1) is 6.61 Å². The van der Waals surface area contributed by atoms with Crippen molar-refractivity contribution in [1.82, 2.24) is 0 Å². The van der Waals surface area contributed by atoms with E-state index in [0.717, 1.165) is 5.56 Å². The van der Waals surface area contributed by atoms with Crippen LogP contribution in [-0.4, -0.2) is 29.8 Å². The van der Waals surface area contributed by atoms with E-state index in [1.165, 1.54) is 0 Å². The van der Waals surface area contributed by atoms with E-state index in [1.807, 2.05) is 6.92 Å². The Kier molecular flexibility index (Phi) is 3.28. The SMILES string of the molecule is Cc1cc(NC(=O)C2(N)CCOC2)c(C)cc1O. The molecule has 0 bridgehead atoms. The lowest BCUT2D eigenvalue weighted by atomic mass is 9.98. The largest absolute Gasteiger partial charge is 0.508 e. The molecule has 0 aliphatic carbocycles. The highest BCUT2D eigenvalue weighted by Crippen LogP contribution is 2.26. The molecule has 1 amide bonds. The molecule has 1 heterocycles. The van der Waals surface area contributed by atoms with Gasteiger partial charge in [-0.05, 0) is 43.5 Å². The first-order valence-electron chi connectivity index (χ1n) is 5.91. The molecule has 1 saturated heterocycles. The second kappa shape index (κ2) is 4.59. The monoisotopic (exact) mass is 250 g/mol. The first-order chi connectivity index (χ1) is 8.42. The molecule has 1 aromatic carbocycles. The molecule has 1 unspecified atom stereocenters. The molecule has 0 spiro atoms. The zero-order valence-corrected chi connectivity index (χ0v) is 10.6. The number of aromatic hydroxyl groups is 1. The maximum absolute atomic E-state index is 12.1. The Hall–Kier alpha value is -1.59.